The molecule has 0 saturated carbocycles. The Morgan fingerprint density at radius 2 is 2.00 bits per heavy atom. The number of nitrogens with one attached hydrogen (secondary N) is 1. The van der Waals surface area contributed by atoms with Gasteiger partial charge in [-0.3, -0.25) is 9.88 Å². The monoisotopic (exact) mass is 368 g/mol. The van der Waals surface area contributed by atoms with Gasteiger partial charge in [-0.15, -0.1) is 11.8 Å². The van der Waals surface area contributed by atoms with Crippen LogP contribution in [0.2, 0.25) is 0 Å². The zero-order valence-corrected chi connectivity index (χ0v) is 14.4. The molecular formula is C17H19F3N4S. The van der Waals surface area contributed by atoms with Crippen molar-refractivity contribution < 1.29 is 13.2 Å². The second kappa shape index (κ2) is 8.05. The van der Waals surface area contributed by atoms with Crippen LogP contribution in [0, 0.1) is 0 Å². The lowest BCUT2D eigenvalue weighted by atomic mass is 10.2. The number of nitrogens with zero attached hydrogens (tertiary/aromatic N) is 3. The normalized spacial score (nSPS) is 18.4. The molecule has 1 atom stereocenters. The Morgan fingerprint density at radius 1 is 1.20 bits per heavy atom. The first-order valence-corrected chi connectivity index (χ1v) is 9.01. The summed E-state index contributed by atoms with van der Waals surface area (Å²) >= 11 is 1.58. The summed E-state index contributed by atoms with van der Waals surface area (Å²) in [5.41, 5.74) is 1.20. The Balaban J connectivity index is 1.52. The Kier molecular flexibility index (Phi) is 5.80. The van der Waals surface area contributed by atoms with Gasteiger partial charge in [-0.25, -0.2) is 4.98 Å². The number of halogens is 3. The summed E-state index contributed by atoms with van der Waals surface area (Å²) in [6.07, 6.45) is -0.176. The van der Waals surface area contributed by atoms with Crippen molar-refractivity contribution in [2.45, 2.75) is 29.4 Å². The smallest absolute Gasteiger partial charge is 0.365 e. The molecule has 1 saturated heterocycles. The maximum absolute atomic E-state index is 12.5. The predicted molar refractivity (Wildman–Crippen MR) is 92.6 cm³/mol. The summed E-state index contributed by atoms with van der Waals surface area (Å²) in [6.45, 7) is -0.0561. The quantitative estimate of drug-likeness (QED) is 0.785. The van der Waals surface area contributed by atoms with Gasteiger partial charge in [0.1, 0.15) is 10.8 Å². The number of likely N-dealkylation sites (tertiary alicyclic amines) is 1. The van der Waals surface area contributed by atoms with E-state index in [0.717, 1.165) is 10.8 Å². The molecule has 1 unspecified atom stereocenters. The lowest BCUT2D eigenvalue weighted by Gasteiger charge is -2.18. The zero-order chi connectivity index (χ0) is 17.7. The van der Waals surface area contributed by atoms with Crippen LogP contribution in [0.5, 0.6) is 0 Å². The van der Waals surface area contributed by atoms with E-state index >= 15 is 0 Å². The molecule has 0 radical (unpaired) electrons. The molecule has 4 nitrogen and oxygen atoms in total. The third-order valence-corrected chi connectivity index (χ3v) is 4.84. The molecule has 134 valence electrons. The lowest BCUT2D eigenvalue weighted by Crippen LogP contribution is -2.34. The third kappa shape index (κ3) is 5.89. The highest BCUT2D eigenvalue weighted by Crippen LogP contribution is 2.23. The molecule has 8 heteroatoms. The minimum atomic E-state index is -4.15. The van der Waals surface area contributed by atoms with Crippen molar-refractivity contribution in [3.63, 3.8) is 0 Å². The van der Waals surface area contributed by atoms with E-state index in [4.69, 9.17) is 0 Å². The molecule has 0 spiro atoms. The molecule has 1 fully saturated rings. The third-order valence-electron chi connectivity index (χ3n) is 3.87. The zero-order valence-electron chi connectivity index (χ0n) is 13.5. The average molecular weight is 368 g/mol. The molecule has 1 aliphatic heterocycles. The van der Waals surface area contributed by atoms with Crippen LogP contribution >= 0.6 is 11.8 Å². The SMILES string of the molecule is FC(F)(F)CN1CCC(Nc2cncc(SCc3ccccc3)n2)C1. The molecule has 0 bridgehead atoms. The molecule has 1 aromatic heterocycles. The van der Waals surface area contributed by atoms with Gasteiger partial charge in [-0.2, -0.15) is 13.2 Å². The van der Waals surface area contributed by atoms with Gasteiger partial charge < -0.3 is 5.32 Å². The number of thioether (sulfide) groups is 1. The molecule has 2 heterocycles. The molecule has 2 aromatic rings. The van der Waals surface area contributed by atoms with Crippen molar-refractivity contribution in [1.82, 2.24) is 14.9 Å². The van der Waals surface area contributed by atoms with Gasteiger partial charge in [0.05, 0.1) is 18.9 Å². The lowest BCUT2D eigenvalue weighted by molar-refractivity contribution is -0.143. The average Bonchev–Trinajstić information content (AvgIpc) is 2.99. The summed E-state index contributed by atoms with van der Waals surface area (Å²) in [5, 5.41) is 3.99. The van der Waals surface area contributed by atoms with Crippen LogP contribution < -0.4 is 5.32 Å². The number of hydrogen-bond acceptors (Lipinski definition) is 5. The largest absolute Gasteiger partial charge is 0.401 e. The second-order valence-electron chi connectivity index (χ2n) is 6.00. The van der Waals surface area contributed by atoms with E-state index in [1.165, 1.54) is 10.5 Å². The van der Waals surface area contributed by atoms with Gasteiger partial charge in [0.2, 0.25) is 0 Å². The molecular weight excluding hydrogens is 349 g/mol. The first kappa shape index (κ1) is 18.0. The number of hydrogen-bond donors (Lipinski definition) is 1. The Bertz CT molecular complexity index is 681. The first-order chi connectivity index (χ1) is 12.0. The maximum Gasteiger partial charge on any atom is 0.401 e. The van der Waals surface area contributed by atoms with Crippen molar-refractivity contribution in [2.75, 3.05) is 25.0 Å². The summed E-state index contributed by atoms with van der Waals surface area (Å²) < 4.78 is 37.4. The summed E-state index contributed by atoms with van der Waals surface area (Å²) in [7, 11) is 0. The van der Waals surface area contributed by atoms with Gasteiger partial charge in [0.25, 0.3) is 0 Å². The van der Waals surface area contributed by atoms with Crippen molar-refractivity contribution in [3.05, 3.63) is 48.3 Å². The number of anilines is 1. The number of rotatable bonds is 6. The van der Waals surface area contributed by atoms with E-state index in [0.29, 0.717) is 25.3 Å². The molecule has 1 aliphatic rings. The summed E-state index contributed by atoms with van der Waals surface area (Å²) in [5.74, 6) is 1.40. The molecule has 0 aliphatic carbocycles. The summed E-state index contributed by atoms with van der Waals surface area (Å²) in [6, 6.07) is 10.0. The predicted octanol–water partition coefficient (Wildman–Crippen LogP) is 3.82. The molecule has 3 rings (SSSR count). The van der Waals surface area contributed by atoms with E-state index < -0.39 is 12.7 Å². The second-order valence-corrected chi connectivity index (χ2v) is 6.99. The highest BCUT2D eigenvalue weighted by Gasteiger charge is 2.34. The van der Waals surface area contributed by atoms with Crippen LogP contribution in [0.4, 0.5) is 19.0 Å². The minimum absolute atomic E-state index is 0.0361. The molecule has 25 heavy (non-hydrogen) atoms. The van der Waals surface area contributed by atoms with Crippen LogP contribution in [0.1, 0.15) is 12.0 Å². The fourth-order valence-corrected chi connectivity index (χ4v) is 3.58. The molecule has 1 N–H and O–H groups in total. The maximum atomic E-state index is 12.5. The fraction of sp³-hybridized carbons (Fsp3) is 0.412. The highest BCUT2D eigenvalue weighted by molar-refractivity contribution is 7.98. The van der Waals surface area contributed by atoms with Crippen LogP contribution in [0.3, 0.4) is 0 Å². The van der Waals surface area contributed by atoms with E-state index in [1.54, 1.807) is 24.2 Å². The Hall–Kier alpha value is -1.80. The van der Waals surface area contributed by atoms with Crippen LogP contribution in [0.15, 0.2) is 47.8 Å². The molecule has 1 aromatic carbocycles. The van der Waals surface area contributed by atoms with Crippen molar-refractivity contribution in [3.8, 4) is 0 Å². The first-order valence-electron chi connectivity index (χ1n) is 8.02. The fourth-order valence-electron chi connectivity index (χ4n) is 2.78. The molecule has 0 amide bonds. The number of alkyl halides is 3. The standard InChI is InChI=1S/C17H19F3N4S/c18-17(19,20)12-24-7-6-14(10-24)22-15-8-21-9-16(23-15)25-11-13-4-2-1-3-5-13/h1-5,8-9,14H,6-7,10-12H2,(H,22,23). The van der Waals surface area contributed by atoms with Crippen molar-refractivity contribution in [2.24, 2.45) is 0 Å². The van der Waals surface area contributed by atoms with Crippen LogP contribution in [-0.2, 0) is 5.75 Å². The van der Waals surface area contributed by atoms with Gasteiger partial charge in [-0.1, -0.05) is 30.3 Å². The van der Waals surface area contributed by atoms with E-state index in [9.17, 15) is 13.2 Å². The summed E-state index contributed by atoms with van der Waals surface area (Å²) in [4.78, 5) is 10.1. The van der Waals surface area contributed by atoms with Gasteiger partial charge in [0.15, 0.2) is 0 Å². The number of aromatic nitrogens is 2. The minimum Gasteiger partial charge on any atom is -0.365 e. The van der Waals surface area contributed by atoms with Crippen LogP contribution in [-0.4, -0.2) is 46.7 Å². The topological polar surface area (TPSA) is 41.0 Å². The van der Waals surface area contributed by atoms with Gasteiger partial charge in [-0.05, 0) is 12.0 Å². The number of benzene rings is 1. The highest BCUT2D eigenvalue weighted by atomic mass is 32.2. The van der Waals surface area contributed by atoms with Crippen LogP contribution in [0.25, 0.3) is 0 Å². The van der Waals surface area contributed by atoms with Gasteiger partial charge in [0, 0.05) is 24.9 Å². The Morgan fingerprint density at radius 3 is 2.76 bits per heavy atom. The van der Waals surface area contributed by atoms with Crippen molar-refractivity contribution in [1.29, 1.82) is 0 Å². The van der Waals surface area contributed by atoms with Gasteiger partial charge >= 0.3 is 6.18 Å². The van der Waals surface area contributed by atoms with E-state index in [1.807, 2.05) is 18.2 Å². The van der Waals surface area contributed by atoms with Crippen molar-refractivity contribution >= 4 is 17.6 Å². The van der Waals surface area contributed by atoms with E-state index in [-0.39, 0.29) is 6.04 Å². The van der Waals surface area contributed by atoms with E-state index in [2.05, 4.69) is 27.4 Å². The Labute approximate surface area is 148 Å².